The van der Waals surface area contributed by atoms with Crippen LogP contribution in [0.1, 0.15) is 109 Å². The van der Waals surface area contributed by atoms with E-state index in [1.165, 1.54) is 14.0 Å². The van der Waals surface area contributed by atoms with Gasteiger partial charge in [0.2, 0.25) is 0 Å². The van der Waals surface area contributed by atoms with Gasteiger partial charge >= 0.3 is 11.9 Å². The average molecular weight is 1020 g/mol. The molecule has 0 unspecified atom stereocenters. The number of benzene rings is 7. The topological polar surface area (TPSA) is 164 Å². The van der Waals surface area contributed by atoms with Gasteiger partial charge in [0.1, 0.15) is 18.0 Å². The van der Waals surface area contributed by atoms with Gasteiger partial charge in [-0.3, -0.25) is 9.59 Å². The standard InChI is InChI=1S/C65H67NO10/c1-36(67)75-59-31-47(76-63(72)64(19-8-5-9-20-64)44-17-16-41-23-46(68)29-49(48(41)28-44)40-14-10-11-37(21-40)35-66-2)30-52-50-33-61(74-4)57(70)26-42(50)24-53-56(69)34-54-51-32-58(71)60(73-3)27-43(51)25-55(59)65(54,62(52)53)45-18-15-38-12-6-7-13-39(38)22-45/h6-7,10-18,21-23,26-29,32-33,47,52-56,59,62,66,68-71H,5,8-9,19-20,24-25,30-31,34-35H2,1-4H3/t47-,52+,53+,54-,55+,56-,59+,62-,65+/m0/s1. The number of ether oxygens (including phenoxy) is 4. The Morgan fingerprint density at radius 2 is 1.42 bits per heavy atom. The lowest BCUT2D eigenvalue weighted by molar-refractivity contribution is -0.174. The van der Waals surface area contributed by atoms with Gasteiger partial charge < -0.3 is 44.7 Å². The summed E-state index contributed by atoms with van der Waals surface area (Å²) >= 11 is 0. The highest BCUT2D eigenvalue weighted by Crippen LogP contribution is 2.69. The van der Waals surface area contributed by atoms with Crippen molar-refractivity contribution in [3.63, 3.8) is 0 Å². The second-order valence-electron chi connectivity index (χ2n) is 22.6. The number of aliphatic hydroxyl groups excluding tert-OH is 1. The molecule has 7 aromatic carbocycles. The fourth-order valence-corrected chi connectivity index (χ4v) is 15.7. The van der Waals surface area contributed by atoms with Crippen molar-refractivity contribution in [1.29, 1.82) is 0 Å². The number of aliphatic hydroxyl groups is 1. The molecule has 0 spiro atoms. The molecule has 5 N–H and O–H groups in total. The molecular formula is C65H67NO10. The fraction of sp³-hybridized carbons (Fsp3) is 0.385. The number of hydrogen-bond donors (Lipinski definition) is 5. The molecule has 0 amide bonds. The number of phenolic OH excluding ortho intramolecular Hbond substituents is 3. The summed E-state index contributed by atoms with van der Waals surface area (Å²) < 4.78 is 25.5. The van der Waals surface area contributed by atoms with Crippen LogP contribution in [-0.2, 0) is 49.3 Å². The van der Waals surface area contributed by atoms with E-state index < -0.39 is 41.0 Å². The van der Waals surface area contributed by atoms with Crippen LogP contribution >= 0.6 is 0 Å². The number of hydrogen-bond acceptors (Lipinski definition) is 11. The molecule has 3 fully saturated rings. The maximum atomic E-state index is 16.0. The first kappa shape index (κ1) is 49.8. The summed E-state index contributed by atoms with van der Waals surface area (Å²) in [6.07, 6.45) is 3.36. The Labute approximate surface area is 443 Å². The summed E-state index contributed by atoms with van der Waals surface area (Å²) in [5.41, 5.74) is 6.81. The zero-order valence-electron chi connectivity index (χ0n) is 43.7. The molecular weight excluding hydrogens is 955 g/mol. The van der Waals surface area contributed by atoms with Gasteiger partial charge in [-0.1, -0.05) is 92.1 Å². The predicted octanol–water partition coefficient (Wildman–Crippen LogP) is 11.6. The lowest BCUT2D eigenvalue weighted by atomic mass is 9.38. The Bertz CT molecular complexity index is 3420. The number of fused-ring (bicyclic) bond motifs is 6. The number of carbonyl (C=O) groups is 2. The minimum Gasteiger partial charge on any atom is -0.508 e. The number of nitrogens with one attached hydrogen (secondary N) is 1. The van der Waals surface area contributed by atoms with Gasteiger partial charge in [0.25, 0.3) is 0 Å². The van der Waals surface area contributed by atoms with Crippen LogP contribution in [0.2, 0.25) is 0 Å². The van der Waals surface area contributed by atoms with Gasteiger partial charge in [-0.05, 0) is 189 Å². The number of esters is 2. The third-order valence-corrected chi connectivity index (χ3v) is 18.7. The Morgan fingerprint density at radius 3 is 2.20 bits per heavy atom. The number of phenols is 3. The van der Waals surface area contributed by atoms with Crippen molar-refractivity contribution in [2.45, 2.75) is 119 Å². The van der Waals surface area contributed by atoms with Crippen LogP contribution in [0.3, 0.4) is 0 Å². The molecule has 0 aliphatic heterocycles. The third kappa shape index (κ3) is 8.15. The van der Waals surface area contributed by atoms with Crippen LogP contribution in [-0.4, -0.2) is 71.9 Å². The maximum absolute atomic E-state index is 16.0. The van der Waals surface area contributed by atoms with Crippen LogP contribution < -0.4 is 14.8 Å². The van der Waals surface area contributed by atoms with Crippen molar-refractivity contribution in [2.24, 2.45) is 17.8 Å². The molecule has 9 atom stereocenters. The average Bonchev–Trinajstić information content (AvgIpc) is 3.49. The normalized spacial score (nSPS) is 26.2. The molecule has 11 nitrogen and oxygen atoms in total. The number of rotatable bonds is 10. The van der Waals surface area contributed by atoms with E-state index >= 15 is 4.79 Å². The van der Waals surface area contributed by atoms with E-state index in [1.54, 1.807) is 25.3 Å². The van der Waals surface area contributed by atoms with E-state index in [1.807, 2.05) is 55.6 Å². The Morgan fingerprint density at radius 1 is 0.684 bits per heavy atom. The first-order valence-corrected chi connectivity index (χ1v) is 27.2. The van der Waals surface area contributed by atoms with Crippen LogP contribution in [0.25, 0.3) is 32.7 Å². The molecule has 0 aromatic heterocycles. The molecule has 11 heteroatoms. The summed E-state index contributed by atoms with van der Waals surface area (Å²) in [5.74, 6) is -1.66. The van der Waals surface area contributed by atoms with Gasteiger partial charge in [0, 0.05) is 31.2 Å². The summed E-state index contributed by atoms with van der Waals surface area (Å²) in [7, 11) is 5.01. The van der Waals surface area contributed by atoms with Crippen LogP contribution in [0, 0.1) is 17.8 Å². The molecule has 392 valence electrons. The van der Waals surface area contributed by atoms with Crippen molar-refractivity contribution in [2.75, 3.05) is 21.3 Å². The van der Waals surface area contributed by atoms with Crippen molar-refractivity contribution in [3.05, 3.63) is 160 Å². The molecule has 0 bridgehead atoms. The summed E-state index contributed by atoms with van der Waals surface area (Å²) in [6.45, 7) is 2.14. The van der Waals surface area contributed by atoms with E-state index in [0.29, 0.717) is 56.6 Å². The van der Waals surface area contributed by atoms with Gasteiger partial charge in [-0.15, -0.1) is 0 Å². The van der Waals surface area contributed by atoms with Gasteiger partial charge in [0.15, 0.2) is 23.0 Å². The smallest absolute Gasteiger partial charge is 0.316 e. The zero-order chi connectivity index (χ0) is 52.6. The van der Waals surface area contributed by atoms with E-state index in [4.69, 9.17) is 18.9 Å². The molecule has 5 aliphatic rings. The summed E-state index contributed by atoms with van der Waals surface area (Å²) in [4.78, 5) is 29.8. The van der Waals surface area contributed by atoms with Crippen molar-refractivity contribution >= 4 is 33.5 Å². The molecule has 5 aliphatic carbocycles. The number of methoxy groups -OCH3 is 2. The Kier molecular flexibility index (Phi) is 12.8. The summed E-state index contributed by atoms with van der Waals surface area (Å²) in [5, 5.41) is 54.1. The predicted molar refractivity (Wildman–Crippen MR) is 292 cm³/mol. The monoisotopic (exact) mass is 1020 g/mol. The SMILES string of the molecule is CNCc1cccc(-c2cc(O)cc3ccc(C4(C(=O)O[C@H]5C[C@@H]6c7cc(OC)c(O)cc7C[C@H]7[C@H]6[C@@]6(c8ccc9ccccc9c8)[C@H](Cc8cc(OC)c(O)cc8[C@@H]6C[C@@H]7O)[C@H](OC(C)=O)C5)CCCCC4)cc23)c1. The van der Waals surface area contributed by atoms with Gasteiger partial charge in [0.05, 0.1) is 25.7 Å². The van der Waals surface area contributed by atoms with Crippen LogP contribution in [0.4, 0.5) is 0 Å². The molecule has 76 heavy (non-hydrogen) atoms. The maximum Gasteiger partial charge on any atom is 0.316 e. The number of carbonyl (C=O) groups excluding carboxylic acids is 2. The molecule has 0 saturated heterocycles. The van der Waals surface area contributed by atoms with Crippen molar-refractivity contribution in [3.8, 4) is 39.9 Å². The highest BCUT2D eigenvalue weighted by Gasteiger charge is 2.67. The zero-order valence-corrected chi connectivity index (χ0v) is 43.7. The second kappa shape index (κ2) is 19.5. The quantitative estimate of drug-likeness (QED) is 0.0829. The molecule has 3 saturated carbocycles. The minimum atomic E-state index is -1.000. The fourth-order valence-electron chi connectivity index (χ4n) is 15.7. The summed E-state index contributed by atoms with van der Waals surface area (Å²) in [6, 6.07) is 40.5. The lowest BCUT2D eigenvalue weighted by Gasteiger charge is -2.66. The Balaban J connectivity index is 1.05. The molecule has 12 rings (SSSR count). The first-order valence-electron chi connectivity index (χ1n) is 27.2. The van der Waals surface area contributed by atoms with E-state index in [0.717, 1.165) is 90.9 Å². The Hall–Kier alpha value is -7.08. The van der Waals surface area contributed by atoms with E-state index in [2.05, 4.69) is 59.9 Å². The highest BCUT2D eigenvalue weighted by atomic mass is 16.6. The first-order chi connectivity index (χ1) is 36.8. The van der Waals surface area contributed by atoms with Crippen molar-refractivity contribution in [1.82, 2.24) is 5.32 Å². The highest BCUT2D eigenvalue weighted by molar-refractivity contribution is 5.99. The van der Waals surface area contributed by atoms with Gasteiger partial charge in [-0.25, -0.2) is 0 Å². The number of aromatic hydroxyl groups is 3. The van der Waals surface area contributed by atoms with Crippen LogP contribution in [0.5, 0.6) is 28.7 Å². The molecule has 0 radical (unpaired) electrons. The van der Waals surface area contributed by atoms with Crippen LogP contribution in [0.15, 0.2) is 121 Å². The third-order valence-electron chi connectivity index (χ3n) is 18.7. The van der Waals surface area contributed by atoms with Crippen molar-refractivity contribution < 1.29 is 49.0 Å². The minimum absolute atomic E-state index is 0.0150. The molecule has 0 heterocycles. The molecule has 7 aromatic rings. The van der Waals surface area contributed by atoms with Gasteiger partial charge in [-0.2, -0.15) is 0 Å². The lowest BCUT2D eigenvalue weighted by Crippen LogP contribution is -2.65. The van der Waals surface area contributed by atoms with E-state index in [-0.39, 0.29) is 53.3 Å². The van der Waals surface area contributed by atoms with E-state index in [9.17, 15) is 25.2 Å². The second-order valence-corrected chi connectivity index (χ2v) is 22.6. The largest absolute Gasteiger partial charge is 0.508 e.